The molecule has 0 aromatic heterocycles. The molecule has 0 bridgehead atoms. The number of amides is 1. The first-order chi connectivity index (χ1) is 11.9. The Balaban J connectivity index is 2.13. The second-order valence-electron chi connectivity index (χ2n) is 6.05. The van der Waals surface area contributed by atoms with E-state index >= 15 is 0 Å². The first kappa shape index (κ1) is 18.7. The summed E-state index contributed by atoms with van der Waals surface area (Å²) in [5.41, 5.74) is 3.78. The Morgan fingerprint density at radius 1 is 1.08 bits per heavy atom. The SMILES string of the molecule is CO[C@H](C(=O)N[C@H](Cc1ccc(C)c(C)c1)C(=O)O)c1ccccc1. The van der Waals surface area contributed by atoms with E-state index in [0.29, 0.717) is 5.56 Å². The summed E-state index contributed by atoms with van der Waals surface area (Å²) >= 11 is 0. The van der Waals surface area contributed by atoms with Crippen molar-refractivity contribution >= 4 is 11.9 Å². The summed E-state index contributed by atoms with van der Waals surface area (Å²) in [5, 5.41) is 12.1. The number of aryl methyl sites for hydroxylation is 2. The average Bonchev–Trinajstić information content (AvgIpc) is 2.59. The number of hydrogen-bond donors (Lipinski definition) is 2. The second kappa shape index (κ2) is 8.44. The number of ether oxygens (including phenoxy) is 1. The van der Waals surface area contributed by atoms with Gasteiger partial charge in [0, 0.05) is 13.5 Å². The maximum absolute atomic E-state index is 12.5. The van der Waals surface area contributed by atoms with Crippen molar-refractivity contribution in [1.29, 1.82) is 0 Å². The van der Waals surface area contributed by atoms with E-state index in [1.807, 2.05) is 38.1 Å². The fourth-order valence-corrected chi connectivity index (χ4v) is 2.64. The average molecular weight is 341 g/mol. The highest BCUT2D eigenvalue weighted by Gasteiger charge is 2.26. The Morgan fingerprint density at radius 3 is 2.32 bits per heavy atom. The molecule has 2 aromatic carbocycles. The number of carboxylic acid groups (broad SMARTS) is 1. The number of benzene rings is 2. The van der Waals surface area contributed by atoms with Crippen LogP contribution in [0, 0.1) is 13.8 Å². The van der Waals surface area contributed by atoms with Crippen LogP contribution in [0.4, 0.5) is 0 Å². The third-order valence-corrected chi connectivity index (χ3v) is 4.20. The van der Waals surface area contributed by atoms with E-state index in [-0.39, 0.29) is 6.42 Å². The smallest absolute Gasteiger partial charge is 0.326 e. The summed E-state index contributed by atoms with van der Waals surface area (Å²) in [5.74, 6) is -1.54. The molecule has 2 rings (SSSR count). The maximum atomic E-state index is 12.5. The van der Waals surface area contributed by atoms with Crippen molar-refractivity contribution in [2.24, 2.45) is 0 Å². The molecule has 0 heterocycles. The van der Waals surface area contributed by atoms with Crippen LogP contribution in [0.15, 0.2) is 48.5 Å². The Kier molecular flexibility index (Phi) is 6.31. The number of nitrogens with one attached hydrogen (secondary N) is 1. The molecule has 5 nitrogen and oxygen atoms in total. The van der Waals surface area contributed by atoms with E-state index < -0.39 is 24.0 Å². The first-order valence-electron chi connectivity index (χ1n) is 8.09. The van der Waals surface area contributed by atoms with Gasteiger partial charge in [-0.25, -0.2) is 4.79 Å². The van der Waals surface area contributed by atoms with Crippen LogP contribution < -0.4 is 5.32 Å². The molecule has 0 saturated carbocycles. The molecule has 0 fully saturated rings. The van der Waals surface area contributed by atoms with Gasteiger partial charge in [0.25, 0.3) is 5.91 Å². The molecule has 0 saturated heterocycles. The highest BCUT2D eigenvalue weighted by molar-refractivity contribution is 5.87. The lowest BCUT2D eigenvalue weighted by Gasteiger charge is -2.20. The quantitative estimate of drug-likeness (QED) is 0.812. The topological polar surface area (TPSA) is 75.6 Å². The van der Waals surface area contributed by atoms with Crippen LogP contribution in [0.25, 0.3) is 0 Å². The van der Waals surface area contributed by atoms with Crippen LogP contribution in [-0.4, -0.2) is 30.1 Å². The summed E-state index contributed by atoms with van der Waals surface area (Å²) in [7, 11) is 1.43. The Labute approximate surface area is 147 Å². The third kappa shape index (κ3) is 4.90. The van der Waals surface area contributed by atoms with Gasteiger partial charge in [-0.15, -0.1) is 0 Å². The van der Waals surface area contributed by atoms with Crippen molar-refractivity contribution < 1.29 is 19.4 Å². The monoisotopic (exact) mass is 341 g/mol. The van der Waals surface area contributed by atoms with Crippen molar-refractivity contribution in [1.82, 2.24) is 5.32 Å². The summed E-state index contributed by atoms with van der Waals surface area (Å²) < 4.78 is 5.26. The second-order valence-corrected chi connectivity index (χ2v) is 6.05. The lowest BCUT2D eigenvalue weighted by atomic mass is 10.0. The minimum atomic E-state index is -1.07. The lowest BCUT2D eigenvalue weighted by molar-refractivity contribution is -0.144. The van der Waals surface area contributed by atoms with E-state index in [0.717, 1.165) is 16.7 Å². The number of hydrogen-bond acceptors (Lipinski definition) is 3. The number of rotatable bonds is 7. The number of carbonyl (C=O) groups is 2. The van der Waals surface area contributed by atoms with Gasteiger partial charge in [-0.1, -0.05) is 48.5 Å². The van der Waals surface area contributed by atoms with Crippen molar-refractivity contribution in [2.75, 3.05) is 7.11 Å². The molecule has 132 valence electrons. The van der Waals surface area contributed by atoms with E-state index in [9.17, 15) is 14.7 Å². The van der Waals surface area contributed by atoms with Crippen LogP contribution in [-0.2, 0) is 20.7 Å². The summed E-state index contributed by atoms with van der Waals surface area (Å²) in [6.07, 6.45) is -0.629. The van der Waals surface area contributed by atoms with E-state index in [1.165, 1.54) is 7.11 Å². The molecule has 25 heavy (non-hydrogen) atoms. The van der Waals surface area contributed by atoms with Gasteiger partial charge >= 0.3 is 5.97 Å². The highest BCUT2D eigenvalue weighted by Crippen LogP contribution is 2.17. The molecule has 0 aliphatic heterocycles. The van der Waals surface area contributed by atoms with E-state index in [4.69, 9.17) is 4.74 Å². The van der Waals surface area contributed by atoms with Gasteiger partial charge < -0.3 is 15.2 Å². The van der Waals surface area contributed by atoms with Crippen molar-refractivity contribution in [3.63, 3.8) is 0 Å². The molecule has 1 amide bonds. The van der Waals surface area contributed by atoms with Crippen LogP contribution in [0.3, 0.4) is 0 Å². The van der Waals surface area contributed by atoms with Crippen LogP contribution in [0.2, 0.25) is 0 Å². The zero-order valence-corrected chi connectivity index (χ0v) is 14.7. The molecule has 0 aliphatic rings. The van der Waals surface area contributed by atoms with E-state index in [2.05, 4.69) is 5.32 Å². The third-order valence-electron chi connectivity index (χ3n) is 4.20. The van der Waals surface area contributed by atoms with Gasteiger partial charge in [-0.3, -0.25) is 4.79 Å². The number of carbonyl (C=O) groups excluding carboxylic acids is 1. The minimum Gasteiger partial charge on any atom is -0.480 e. The fourth-order valence-electron chi connectivity index (χ4n) is 2.64. The van der Waals surface area contributed by atoms with Crippen LogP contribution >= 0.6 is 0 Å². The predicted octanol–water partition coefficient (Wildman–Crippen LogP) is 2.80. The van der Waals surface area contributed by atoms with Gasteiger partial charge in [0.15, 0.2) is 6.10 Å². The molecule has 0 spiro atoms. The molecule has 0 unspecified atom stereocenters. The number of carboxylic acids is 1. The Bertz CT molecular complexity index is 743. The number of methoxy groups -OCH3 is 1. The van der Waals surface area contributed by atoms with Gasteiger partial charge in [-0.2, -0.15) is 0 Å². The molecular formula is C20H23NO4. The largest absolute Gasteiger partial charge is 0.480 e. The molecule has 0 aliphatic carbocycles. The van der Waals surface area contributed by atoms with E-state index in [1.54, 1.807) is 24.3 Å². The summed E-state index contributed by atoms with van der Waals surface area (Å²) in [4.78, 5) is 24.1. The first-order valence-corrected chi connectivity index (χ1v) is 8.09. The van der Waals surface area contributed by atoms with Crippen LogP contribution in [0.5, 0.6) is 0 Å². The molecular weight excluding hydrogens is 318 g/mol. The van der Waals surface area contributed by atoms with Gasteiger partial charge in [0.2, 0.25) is 0 Å². The normalized spacial score (nSPS) is 13.1. The van der Waals surface area contributed by atoms with Crippen LogP contribution in [0.1, 0.15) is 28.4 Å². The highest BCUT2D eigenvalue weighted by atomic mass is 16.5. The predicted molar refractivity (Wildman–Crippen MR) is 95.4 cm³/mol. The van der Waals surface area contributed by atoms with Gasteiger partial charge in [0.05, 0.1) is 0 Å². The summed E-state index contributed by atoms with van der Waals surface area (Å²) in [6, 6.07) is 13.8. The molecule has 2 aromatic rings. The fraction of sp³-hybridized carbons (Fsp3) is 0.300. The van der Waals surface area contributed by atoms with Crippen molar-refractivity contribution in [3.8, 4) is 0 Å². The lowest BCUT2D eigenvalue weighted by Crippen LogP contribution is -2.44. The van der Waals surface area contributed by atoms with Crippen molar-refractivity contribution in [2.45, 2.75) is 32.4 Å². The molecule has 2 atom stereocenters. The molecule has 5 heteroatoms. The zero-order chi connectivity index (χ0) is 18.4. The Morgan fingerprint density at radius 2 is 1.76 bits per heavy atom. The Hall–Kier alpha value is -2.66. The minimum absolute atomic E-state index is 0.216. The van der Waals surface area contributed by atoms with Crippen molar-refractivity contribution in [3.05, 3.63) is 70.8 Å². The molecule has 2 N–H and O–H groups in total. The zero-order valence-electron chi connectivity index (χ0n) is 14.7. The maximum Gasteiger partial charge on any atom is 0.326 e. The molecule has 0 radical (unpaired) electrons. The summed E-state index contributed by atoms with van der Waals surface area (Å²) in [6.45, 7) is 3.97. The standard InChI is InChI=1S/C20H23NO4/c1-13-9-10-15(11-14(13)2)12-17(20(23)24)21-19(22)18(25-3)16-7-5-4-6-8-16/h4-11,17-18H,12H2,1-3H3,(H,21,22)(H,23,24)/t17-,18+/m1/s1. The number of aliphatic carboxylic acids is 1. The van der Waals surface area contributed by atoms with Gasteiger partial charge in [0.1, 0.15) is 6.04 Å². The van der Waals surface area contributed by atoms with Gasteiger partial charge in [-0.05, 0) is 36.1 Å².